The molecular formula is C13H11N5. The maximum atomic E-state index is 8.86. The van der Waals surface area contributed by atoms with Gasteiger partial charge in [0.1, 0.15) is 5.69 Å². The number of H-pyrrole nitrogens is 1. The normalized spacial score (nSPS) is 10.7. The summed E-state index contributed by atoms with van der Waals surface area (Å²) in [6, 6.07) is 9.48. The highest BCUT2D eigenvalue weighted by molar-refractivity contribution is 5.80. The fraction of sp³-hybridized carbons (Fsp3) is 0.154. The van der Waals surface area contributed by atoms with E-state index in [4.69, 9.17) is 5.26 Å². The predicted octanol–water partition coefficient (Wildman–Crippen LogP) is 2.14. The van der Waals surface area contributed by atoms with Crippen molar-refractivity contribution in [3.8, 4) is 17.6 Å². The maximum absolute atomic E-state index is 8.86. The number of aromatic amines is 1. The van der Waals surface area contributed by atoms with Crippen molar-refractivity contribution < 1.29 is 0 Å². The monoisotopic (exact) mass is 237 g/mol. The van der Waals surface area contributed by atoms with Crippen LogP contribution in [0.1, 0.15) is 11.3 Å². The number of hydrogen-bond acceptors (Lipinski definition) is 3. The van der Waals surface area contributed by atoms with E-state index in [0.717, 1.165) is 28.2 Å². The minimum Gasteiger partial charge on any atom is -0.337 e. The summed E-state index contributed by atoms with van der Waals surface area (Å²) in [4.78, 5) is 7.66. The Hall–Kier alpha value is -2.61. The van der Waals surface area contributed by atoms with E-state index in [0.29, 0.717) is 5.56 Å². The number of rotatable bonds is 1. The van der Waals surface area contributed by atoms with Crippen molar-refractivity contribution in [1.82, 2.24) is 19.7 Å². The van der Waals surface area contributed by atoms with E-state index in [1.165, 1.54) is 0 Å². The van der Waals surface area contributed by atoms with Gasteiger partial charge in [0.2, 0.25) is 0 Å². The Bertz CT molecular complexity index is 753. The molecule has 0 aliphatic rings. The van der Waals surface area contributed by atoms with Crippen molar-refractivity contribution in [3.05, 3.63) is 35.5 Å². The van der Waals surface area contributed by atoms with Gasteiger partial charge in [-0.15, -0.1) is 0 Å². The number of nitriles is 1. The van der Waals surface area contributed by atoms with Crippen LogP contribution in [-0.2, 0) is 7.05 Å². The van der Waals surface area contributed by atoms with E-state index in [1.54, 1.807) is 12.1 Å². The number of fused-ring (bicyclic) bond motifs is 1. The van der Waals surface area contributed by atoms with Gasteiger partial charge < -0.3 is 4.98 Å². The number of imidazole rings is 1. The summed E-state index contributed by atoms with van der Waals surface area (Å²) in [7, 11) is 1.90. The predicted molar refractivity (Wildman–Crippen MR) is 67.7 cm³/mol. The van der Waals surface area contributed by atoms with Crippen LogP contribution < -0.4 is 0 Å². The van der Waals surface area contributed by atoms with Gasteiger partial charge in [-0.1, -0.05) is 0 Å². The Morgan fingerprint density at radius 2 is 2.17 bits per heavy atom. The van der Waals surface area contributed by atoms with Gasteiger partial charge in [0, 0.05) is 12.7 Å². The fourth-order valence-corrected chi connectivity index (χ4v) is 1.88. The zero-order chi connectivity index (χ0) is 12.7. The molecule has 5 heteroatoms. The van der Waals surface area contributed by atoms with Gasteiger partial charge in [0.15, 0.2) is 5.82 Å². The van der Waals surface area contributed by atoms with Crippen molar-refractivity contribution in [3.63, 3.8) is 0 Å². The molecule has 2 aromatic heterocycles. The molecule has 0 bridgehead atoms. The minimum absolute atomic E-state index is 0.620. The first-order chi connectivity index (χ1) is 8.67. The summed E-state index contributed by atoms with van der Waals surface area (Å²) in [5.74, 6) is 0.726. The number of aryl methyl sites for hydroxylation is 2. The van der Waals surface area contributed by atoms with E-state index in [2.05, 4.69) is 21.1 Å². The van der Waals surface area contributed by atoms with Crippen LogP contribution >= 0.6 is 0 Å². The first-order valence-electron chi connectivity index (χ1n) is 5.58. The van der Waals surface area contributed by atoms with Gasteiger partial charge in [-0.3, -0.25) is 4.68 Å². The number of nitrogens with zero attached hydrogens (tertiary/aromatic N) is 4. The average molecular weight is 237 g/mol. The third kappa shape index (κ3) is 1.55. The smallest absolute Gasteiger partial charge is 0.159 e. The summed E-state index contributed by atoms with van der Waals surface area (Å²) in [5, 5.41) is 13.2. The van der Waals surface area contributed by atoms with E-state index in [9.17, 15) is 0 Å². The summed E-state index contributed by atoms with van der Waals surface area (Å²) in [6.07, 6.45) is 0. The lowest BCUT2D eigenvalue weighted by Gasteiger charge is -1.89. The fourth-order valence-electron chi connectivity index (χ4n) is 1.88. The van der Waals surface area contributed by atoms with Gasteiger partial charge in [0.25, 0.3) is 0 Å². The molecule has 0 radical (unpaired) electrons. The van der Waals surface area contributed by atoms with Crippen molar-refractivity contribution in [2.45, 2.75) is 6.92 Å². The van der Waals surface area contributed by atoms with Crippen LogP contribution in [0.2, 0.25) is 0 Å². The average Bonchev–Trinajstić information content (AvgIpc) is 2.92. The maximum Gasteiger partial charge on any atom is 0.159 e. The molecule has 1 aromatic carbocycles. The molecule has 0 saturated heterocycles. The second-order valence-electron chi connectivity index (χ2n) is 4.22. The second-order valence-corrected chi connectivity index (χ2v) is 4.22. The Labute approximate surface area is 104 Å². The van der Waals surface area contributed by atoms with E-state index < -0.39 is 0 Å². The molecule has 18 heavy (non-hydrogen) atoms. The summed E-state index contributed by atoms with van der Waals surface area (Å²) < 4.78 is 1.81. The van der Waals surface area contributed by atoms with E-state index in [1.807, 2.05) is 30.8 Å². The zero-order valence-corrected chi connectivity index (χ0v) is 10.1. The van der Waals surface area contributed by atoms with Crippen molar-refractivity contribution >= 4 is 11.0 Å². The lowest BCUT2D eigenvalue weighted by molar-refractivity contribution is 0.741. The highest BCUT2D eigenvalue weighted by Crippen LogP contribution is 2.20. The molecule has 0 aliphatic heterocycles. The summed E-state index contributed by atoms with van der Waals surface area (Å²) in [5.41, 5.74) is 4.20. The molecule has 5 nitrogen and oxygen atoms in total. The highest BCUT2D eigenvalue weighted by Gasteiger charge is 2.09. The highest BCUT2D eigenvalue weighted by atomic mass is 15.3. The molecule has 0 unspecified atom stereocenters. The lowest BCUT2D eigenvalue weighted by atomic mass is 10.2. The van der Waals surface area contributed by atoms with Crippen LogP contribution in [0.15, 0.2) is 24.3 Å². The van der Waals surface area contributed by atoms with Crippen LogP contribution in [-0.4, -0.2) is 19.7 Å². The quantitative estimate of drug-likeness (QED) is 0.704. The number of benzene rings is 1. The van der Waals surface area contributed by atoms with Crippen LogP contribution in [0.3, 0.4) is 0 Å². The molecule has 0 spiro atoms. The minimum atomic E-state index is 0.620. The molecule has 2 heterocycles. The number of aromatic nitrogens is 4. The van der Waals surface area contributed by atoms with Gasteiger partial charge in [0.05, 0.1) is 22.7 Å². The Morgan fingerprint density at radius 3 is 2.83 bits per heavy atom. The summed E-state index contributed by atoms with van der Waals surface area (Å²) >= 11 is 0. The van der Waals surface area contributed by atoms with E-state index >= 15 is 0 Å². The number of hydrogen-bond donors (Lipinski definition) is 1. The van der Waals surface area contributed by atoms with Crippen LogP contribution in [0.25, 0.3) is 22.6 Å². The third-order valence-corrected chi connectivity index (χ3v) is 2.97. The van der Waals surface area contributed by atoms with E-state index in [-0.39, 0.29) is 0 Å². The molecular weight excluding hydrogens is 226 g/mol. The molecule has 0 fully saturated rings. The number of nitrogens with one attached hydrogen (secondary N) is 1. The van der Waals surface area contributed by atoms with Crippen molar-refractivity contribution in [2.24, 2.45) is 7.05 Å². The molecule has 3 aromatic rings. The van der Waals surface area contributed by atoms with Crippen molar-refractivity contribution in [1.29, 1.82) is 5.26 Å². The largest absolute Gasteiger partial charge is 0.337 e. The molecule has 0 aliphatic carbocycles. The van der Waals surface area contributed by atoms with Crippen molar-refractivity contribution in [2.75, 3.05) is 0 Å². The topological polar surface area (TPSA) is 70.3 Å². The Kier molecular flexibility index (Phi) is 2.17. The lowest BCUT2D eigenvalue weighted by Crippen LogP contribution is -1.92. The van der Waals surface area contributed by atoms with Gasteiger partial charge in [-0.25, -0.2) is 4.98 Å². The molecule has 88 valence electrons. The van der Waals surface area contributed by atoms with Gasteiger partial charge in [-0.05, 0) is 31.2 Å². The molecule has 0 amide bonds. The molecule has 0 atom stereocenters. The third-order valence-electron chi connectivity index (χ3n) is 2.97. The molecule has 3 rings (SSSR count). The van der Waals surface area contributed by atoms with Crippen LogP contribution in [0, 0.1) is 18.3 Å². The molecule has 0 saturated carbocycles. The zero-order valence-electron chi connectivity index (χ0n) is 10.1. The summed E-state index contributed by atoms with van der Waals surface area (Å²) in [6.45, 7) is 1.99. The van der Waals surface area contributed by atoms with Gasteiger partial charge in [-0.2, -0.15) is 10.4 Å². The first kappa shape index (κ1) is 10.5. The Balaban J connectivity index is 2.16. The Morgan fingerprint density at radius 1 is 1.33 bits per heavy atom. The molecule has 1 N–H and O–H groups in total. The first-order valence-corrected chi connectivity index (χ1v) is 5.58. The SMILES string of the molecule is Cc1cc(-c2nc3ccc(C#N)cc3[nH]2)nn1C. The second kappa shape index (κ2) is 3.70. The van der Waals surface area contributed by atoms with Crippen LogP contribution in [0.4, 0.5) is 0 Å². The van der Waals surface area contributed by atoms with Crippen LogP contribution in [0.5, 0.6) is 0 Å². The van der Waals surface area contributed by atoms with Gasteiger partial charge >= 0.3 is 0 Å². The standard InChI is InChI=1S/C13H11N5/c1-8-5-12(17-18(8)2)13-15-10-4-3-9(7-14)6-11(10)16-13/h3-6H,1-2H3,(H,15,16).